The minimum atomic E-state index is 0.0355. The Kier molecular flexibility index (Phi) is 4.54. The molecule has 1 saturated heterocycles. The van der Waals surface area contributed by atoms with Gasteiger partial charge in [0.05, 0.1) is 4.88 Å². The Balaban J connectivity index is 1.37. The highest BCUT2D eigenvalue weighted by Gasteiger charge is 2.22. The van der Waals surface area contributed by atoms with E-state index >= 15 is 0 Å². The van der Waals surface area contributed by atoms with Crippen LogP contribution in [0.25, 0.3) is 10.4 Å². The van der Waals surface area contributed by atoms with E-state index in [2.05, 4.69) is 16.3 Å². The third kappa shape index (κ3) is 3.19. The van der Waals surface area contributed by atoms with E-state index in [0.29, 0.717) is 6.61 Å². The lowest BCUT2D eigenvalue weighted by molar-refractivity contribution is 0.0956. The lowest BCUT2D eigenvalue weighted by Crippen LogP contribution is -2.28. The molecule has 0 bridgehead atoms. The summed E-state index contributed by atoms with van der Waals surface area (Å²) in [7, 11) is 0. The number of hydrogen-bond donors (Lipinski definition) is 1. The minimum absolute atomic E-state index is 0.0355. The van der Waals surface area contributed by atoms with Crippen LogP contribution in [0.15, 0.2) is 30.3 Å². The van der Waals surface area contributed by atoms with Crippen molar-refractivity contribution in [3.63, 3.8) is 0 Å². The topological polar surface area (TPSA) is 41.6 Å². The normalized spacial score (nSPS) is 16.3. The summed E-state index contributed by atoms with van der Waals surface area (Å²) in [5, 5.41) is 3.06. The van der Waals surface area contributed by atoms with Gasteiger partial charge in [-0.1, -0.05) is 12.1 Å². The fraction of sp³-hybridized carbons (Fsp3) is 0.421. The van der Waals surface area contributed by atoms with Crippen LogP contribution < -0.4 is 10.1 Å². The SMILES string of the molecule is O=C(NCCCN1CCCC1)c1cc2c(s1)-c1ccccc1OC2. The number of likely N-dealkylation sites (tertiary alicyclic amines) is 1. The number of carbonyl (C=O) groups excluding carboxylic acids is 1. The summed E-state index contributed by atoms with van der Waals surface area (Å²) in [6, 6.07) is 10.0. The minimum Gasteiger partial charge on any atom is -0.488 e. The van der Waals surface area contributed by atoms with E-state index in [0.717, 1.165) is 41.3 Å². The van der Waals surface area contributed by atoms with Gasteiger partial charge in [-0.15, -0.1) is 11.3 Å². The van der Waals surface area contributed by atoms with Crippen LogP contribution >= 0.6 is 11.3 Å². The molecule has 2 aliphatic rings. The van der Waals surface area contributed by atoms with Crippen molar-refractivity contribution in [2.24, 2.45) is 0 Å². The molecule has 3 heterocycles. The van der Waals surface area contributed by atoms with E-state index in [9.17, 15) is 4.79 Å². The van der Waals surface area contributed by atoms with E-state index in [4.69, 9.17) is 4.74 Å². The maximum absolute atomic E-state index is 12.4. The maximum atomic E-state index is 12.4. The number of para-hydroxylation sites is 1. The largest absolute Gasteiger partial charge is 0.488 e. The highest BCUT2D eigenvalue weighted by Crippen LogP contribution is 2.42. The third-order valence-electron chi connectivity index (χ3n) is 4.68. The second kappa shape index (κ2) is 6.95. The van der Waals surface area contributed by atoms with Gasteiger partial charge in [0.2, 0.25) is 0 Å². The summed E-state index contributed by atoms with van der Waals surface area (Å²) in [4.78, 5) is 16.8. The number of benzene rings is 1. The quantitative estimate of drug-likeness (QED) is 0.845. The first-order chi connectivity index (χ1) is 11.8. The Labute approximate surface area is 146 Å². The molecule has 4 nitrogen and oxygen atoms in total. The summed E-state index contributed by atoms with van der Waals surface area (Å²) in [6.45, 7) is 4.80. The number of nitrogens with zero attached hydrogens (tertiary/aromatic N) is 1. The second-order valence-corrected chi connectivity index (χ2v) is 7.46. The van der Waals surface area contributed by atoms with Crippen molar-refractivity contribution in [2.45, 2.75) is 25.9 Å². The van der Waals surface area contributed by atoms with E-state index < -0.39 is 0 Å². The van der Waals surface area contributed by atoms with Crippen molar-refractivity contribution in [2.75, 3.05) is 26.2 Å². The van der Waals surface area contributed by atoms with Gasteiger partial charge in [0.1, 0.15) is 12.4 Å². The molecule has 1 N–H and O–H groups in total. The molecule has 2 aromatic rings. The van der Waals surface area contributed by atoms with Crippen LogP contribution in [0.1, 0.15) is 34.5 Å². The van der Waals surface area contributed by atoms with Crippen molar-refractivity contribution in [1.82, 2.24) is 10.2 Å². The number of carbonyl (C=O) groups is 1. The van der Waals surface area contributed by atoms with E-state index in [1.165, 1.54) is 30.8 Å². The molecule has 0 saturated carbocycles. The number of amides is 1. The van der Waals surface area contributed by atoms with Crippen LogP contribution in [-0.4, -0.2) is 37.0 Å². The zero-order valence-corrected chi connectivity index (χ0v) is 14.5. The Bertz CT molecular complexity index is 735. The fourth-order valence-corrected chi connectivity index (χ4v) is 4.52. The molecule has 1 aromatic heterocycles. The van der Waals surface area contributed by atoms with Gasteiger partial charge in [0, 0.05) is 22.5 Å². The summed E-state index contributed by atoms with van der Waals surface area (Å²) < 4.78 is 5.77. The van der Waals surface area contributed by atoms with Crippen LogP contribution in [0.3, 0.4) is 0 Å². The van der Waals surface area contributed by atoms with E-state index in [1.54, 1.807) is 11.3 Å². The lowest BCUT2D eigenvalue weighted by atomic mass is 10.1. The molecular formula is C19H22N2O2S. The first-order valence-electron chi connectivity index (χ1n) is 8.67. The predicted molar refractivity (Wildman–Crippen MR) is 96.7 cm³/mol. The molecule has 2 aliphatic heterocycles. The molecular weight excluding hydrogens is 320 g/mol. The Morgan fingerprint density at radius 2 is 2.08 bits per heavy atom. The second-order valence-electron chi connectivity index (χ2n) is 6.41. The highest BCUT2D eigenvalue weighted by atomic mass is 32.1. The van der Waals surface area contributed by atoms with Crippen molar-refractivity contribution in [1.29, 1.82) is 0 Å². The van der Waals surface area contributed by atoms with Crippen LogP contribution in [-0.2, 0) is 6.61 Å². The van der Waals surface area contributed by atoms with Gasteiger partial charge in [-0.25, -0.2) is 0 Å². The molecule has 1 amide bonds. The standard InChI is InChI=1S/C19H22N2O2S/c22-19(20-8-5-11-21-9-3-4-10-21)17-12-14-13-23-16-7-2-1-6-15(16)18(14)24-17/h1-2,6-7,12H,3-5,8-11,13H2,(H,20,22). The number of rotatable bonds is 5. The van der Waals surface area contributed by atoms with Crippen LogP contribution in [0.4, 0.5) is 0 Å². The van der Waals surface area contributed by atoms with Gasteiger partial charge in [-0.2, -0.15) is 0 Å². The molecule has 0 spiro atoms. The van der Waals surface area contributed by atoms with Gasteiger partial charge in [0.25, 0.3) is 5.91 Å². The van der Waals surface area contributed by atoms with Crippen LogP contribution in [0.5, 0.6) is 5.75 Å². The van der Waals surface area contributed by atoms with Gasteiger partial charge >= 0.3 is 0 Å². The van der Waals surface area contributed by atoms with Gasteiger partial charge in [0.15, 0.2) is 0 Å². The predicted octanol–water partition coefficient (Wildman–Crippen LogP) is 3.52. The summed E-state index contributed by atoms with van der Waals surface area (Å²) in [6.07, 6.45) is 3.65. The molecule has 0 atom stereocenters. The van der Waals surface area contributed by atoms with E-state index in [-0.39, 0.29) is 5.91 Å². The summed E-state index contributed by atoms with van der Waals surface area (Å²) >= 11 is 1.57. The molecule has 24 heavy (non-hydrogen) atoms. The van der Waals surface area contributed by atoms with Crippen molar-refractivity contribution < 1.29 is 9.53 Å². The van der Waals surface area contributed by atoms with E-state index in [1.807, 2.05) is 24.3 Å². The summed E-state index contributed by atoms with van der Waals surface area (Å²) in [5.74, 6) is 0.942. The van der Waals surface area contributed by atoms with Crippen molar-refractivity contribution in [3.8, 4) is 16.2 Å². The third-order valence-corrected chi connectivity index (χ3v) is 5.89. The van der Waals surface area contributed by atoms with Gasteiger partial charge in [-0.3, -0.25) is 4.79 Å². The molecule has 4 rings (SSSR count). The Hall–Kier alpha value is -1.85. The maximum Gasteiger partial charge on any atom is 0.261 e. The molecule has 126 valence electrons. The Morgan fingerprint density at radius 3 is 2.96 bits per heavy atom. The molecule has 1 fully saturated rings. The lowest BCUT2D eigenvalue weighted by Gasteiger charge is -2.16. The van der Waals surface area contributed by atoms with Crippen LogP contribution in [0, 0.1) is 0 Å². The average molecular weight is 342 g/mol. The number of thiophene rings is 1. The number of fused-ring (bicyclic) bond motifs is 3. The van der Waals surface area contributed by atoms with Gasteiger partial charge < -0.3 is 15.0 Å². The van der Waals surface area contributed by atoms with Crippen molar-refractivity contribution >= 4 is 17.2 Å². The molecule has 0 aliphatic carbocycles. The van der Waals surface area contributed by atoms with Crippen molar-refractivity contribution in [3.05, 3.63) is 40.8 Å². The smallest absolute Gasteiger partial charge is 0.261 e. The highest BCUT2D eigenvalue weighted by molar-refractivity contribution is 7.17. The zero-order chi connectivity index (χ0) is 16.4. The monoisotopic (exact) mass is 342 g/mol. The fourth-order valence-electron chi connectivity index (χ4n) is 3.41. The van der Waals surface area contributed by atoms with Gasteiger partial charge in [-0.05, 0) is 57.1 Å². The number of hydrogen-bond acceptors (Lipinski definition) is 4. The molecule has 0 radical (unpaired) electrons. The first-order valence-corrected chi connectivity index (χ1v) is 9.48. The molecule has 1 aromatic carbocycles. The van der Waals surface area contributed by atoms with Crippen LogP contribution in [0.2, 0.25) is 0 Å². The zero-order valence-electron chi connectivity index (χ0n) is 13.7. The summed E-state index contributed by atoms with van der Waals surface area (Å²) in [5.41, 5.74) is 2.21. The number of ether oxygens (including phenoxy) is 1. The molecule has 0 unspecified atom stereocenters. The average Bonchev–Trinajstić information content (AvgIpc) is 3.28. The first kappa shape index (κ1) is 15.7. The number of nitrogens with one attached hydrogen (secondary N) is 1. The molecule has 5 heteroatoms. The Morgan fingerprint density at radius 1 is 1.25 bits per heavy atom.